The summed E-state index contributed by atoms with van der Waals surface area (Å²) in [5.41, 5.74) is 0. The Morgan fingerprint density at radius 3 is 1.68 bits per heavy atom. The van der Waals surface area contributed by atoms with E-state index in [4.69, 9.17) is 0 Å². The summed E-state index contributed by atoms with van der Waals surface area (Å²) in [6.07, 6.45) is 16.2. The van der Waals surface area contributed by atoms with Crippen molar-refractivity contribution in [3.05, 3.63) is 12.7 Å². The van der Waals surface area contributed by atoms with Gasteiger partial charge in [0.1, 0.15) is 0 Å². The quantitative estimate of drug-likeness (QED) is 0.203. The van der Waals surface area contributed by atoms with Crippen molar-refractivity contribution in [2.75, 3.05) is 20.1 Å². The molecule has 0 radical (unpaired) electrons. The lowest BCUT2D eigenvalue weighted by molar-refractivity contribution is 0.250. The van der Waals surface area contributed by atoms with E-state index in [-0.39, 0.29) is 0 Å². The van der Waals surface area contributed by atoms with Crippen LogP contribution in [-0.4, -0.2) is 25.0 Å². The summed E-state index contributed by atoms with van der Waals surface area (Å²) in [4.78, 5) is 2.53. The smallest absolute Gasteiger partial charge is 0.000387 e. The Morgan fingerprint density at radius 1 is 0.871 bits per heavy atom. The Hall–Kier alpha value is -0.740. The predicted octanol–water partition coefficient (Wildman–Crippen LogP) is 10.5. The first-order chi connectivity index (χ1) is 14.9. The van der Waals surface area contributed by atoms with E-state index in [2.05, 4.69) is 64.6 Å². The van der Waals surface area contributed by atoms with Gasteiger partial charge in [0.25, 0.3) is 0 Å². The molecule has 0 aromatic rings. The molecule has 0 saturated heterocycles. The number of hydrogen-bond acceptors (Lipinski definition) is 1. The first-order valence-electron chi connectivity index (χ1n) is 13.6. The minimum Gasteiger partial charge on any atom is -0.306 e. The second-order valence-electron chi connectivity index (χ2n) is 7.15. The molecule has 2 unspecified atom stereocenters. The summed E-state index contributed by atoms with van der Waals surface area (Å²) < 4.78 is 0. The van der Waals surface area contributed by atoms with E-state index in [1.54, 1.807) is 6.92 Å². The molecule has 1 nitrogen and oxygen atoms in total. The highest BCUT2D eigenvalue weighted by atomic mass is 15.1. The van der Waals surface area contributed by atoms with E-state index < -0.39 is 0 Å². The van der Waals surface area contributed by atoms with Gasteiger partial charge in [0.2, 0.25) is 0 Å². The van der Waals surface area contributed by atoms with Crippen LogP contribution in [0.15, 0.2) is 12.7 Å². The van der Waals surface area contributed by atoms with Crippen LogP contribution in [0.4, 0.5) is 0 Å². The Labute approximate surface area is 202 Å². The minimum absolute atomic E-state index is 0.686. The fourth-order valence-electron chi connectivity index (χ4n) is 2.84. The Bertz CT molecular complexity index is 289. The highest BCUT2D eigenvalue weighted by Crippen LogP contribution is 2.21. The fraction of sp³-hybridized carbons (Fsp3) is 0.867. The van der Waals surface area contributed by atoms with Crippen LogP contribution in [0.5, 0.6) is 0 Å². The molecule has 0 N–H and O–H groups in total. The van der Waals surface area contributed by atoms with E-state index in [9.17, 15) is 0 Å². The molecule has 0 aliphatic rings. The normalized spacial score (nSPS) is 11.4. The van der Waals surface area contributed by atoms with Gasteiger partial charge in [-0.2, -0.15) is 0 Å². The summed E-state index contributed by atoms with van der Waals surface area (Å²) >= 11 is 0. The molecule has 0 rings (SSSR count). The molecule has 0 amide bonds. The summed E-state index contributed by atoms with van der Waals surface area (Å²) in [5.74, 6) is 4.69. The lowest BCUT2D eigenvalue weighted by Crippen LogP contribution is -2.26. The lowest BCUT2D eigenvalue weighted by atomic mass is 9.91. The zero-order valence-corrected chi connectivity index (χ0v) is 24.9. The number of rotatable bonds is 13. The van der Waals surface area contributed by atoms with Crippen LogP contribution in [0.3, 0.4) is 0 Å². The van der Waals surface area contributed by atoms with Crippen LogP contribution in [0.25, 0.3) is 0 Å². The second kappa shape index (κ2) is 47.2. The molecule has 0 aromatic carbocycles. The molecule has 0 heterocycles. The van der Waals surface area contributed by atoms with E-state index in [0.717, 1.165) is 11.8 Å². The van der Waals surface area contributed by atoms with Crippen LogP contribution in [0, 0.1) is 30.1 Å². The standard InChI is InChI=1S/C19H39N.C3H4.4C2H6/c1-7-11-19(13-10-12-17(4)8-2)14-15-20(6)16-18(5)9-3;1-3-2;4*1-2/h8,17-19H,2,7,9-16H2,1,3-6H3;1H,2H3;4*1-2H3/t17?,18-,19?;;;;;/m0...../s1. The molecule has 0 saturated carbocycles. The van der Waals surface area contributed by atoms with Gasteiger partial charge in [-0.05, 0) is 51.1 Å². The molecule has 0 aliphatic heterocycles. The summed E-state index contributed by atoms with van der Waals surface area (Å²) in [7, 11) is 2.29. The fourth-order valence-corrected chi connectivity index (χ4v) is 2.84. The molecule has 3 atom stereocenters. The molecule has 0 spiro atoms. The van der Waals surface area contributed by atoms with Gasteiger partial charge in [-0.25, -0.2) is 0 Å². The molecule has 0 bridgehead atoms. The number of allylic oxidation sites excluding steroid dienone is 1. The monoisotopic (exact) mass is 442 g/mol. The molecule has 0 aromatic heterocycles. The largest absolute Gasteiger partial charge is 0.306 e. The number of nitrogens with zero attached hydrogens (tertiary/aromatic N) is 1. The minimum atomic E-state index is 0.686. The molecule has 0 aliphatic carbocycles. The van der Waals surface area contributed by atoms with Gasteiger partial charge < -0.3 is 4.90 Å². The van der Waals surface area contributed by atoms with Crippen LogP contribution < -0.4 is 0 Å². The number of terminal acetylenes is 1. The summed E-state index contributed by atoms with van der Waals surface area (Å²) in [6, 6.07) is 0. The average Bonchev–Trinajstić information content (AvgIpc) is 2.83. The van der Waals surface area contributed by atoms with Gasteiger partial charge in [0.05, 0.1) is 0 Å². The van der Waals surface area contributed by atoms with Gasteiger partial charge in [-0.1, -0.05) is 121 Å². The topological polar surface area (TPSA) is 3.24 Å². The maximum Gasteiger partial charge on any atom is 0.000387 e. The molecule has 192 valence electrons. The third kappa shape index (κ3) is 48.1. The third-order valence-corrected chi connectivity index (χ3v) is 4.61. The Morgan fingerprint density at radius 2 is 1.32 bits per heavy atom. The van der Waals surface area contributed by atoms with Crippen LogP contribution in [-0.2, 0) is 0 Å². The van der Waals surface area contributed by atoms with Crippen molar-refractivity contribution in [1.29, 1.82) is 0 Å². The first kappa shape index (κ1) is 44.0. The van der Waals surface area contributed by atoms with Crippen molar-refractivity contribution < 1.29 is 0 Å². The van der Waals surface area contributed by atoms with Crippen LogP contribution in [0.1, 0.15) is 135 Å². The average molecular weight is 442 g/mol. The van der Waals surface area contributed by atoms with Gasteiger partial charge >= 0.3 is 0 Å². The summed E-state index contributed by atoms with van der Waals surface area (Å²) in [6.45, 7) is 33.3. The SMILES string of the molecule is C#CC.C=CC(C)CCCC(CCC)CCN(C)C[C@@H](C)CC.CC.CC.CC.CC. The zero-order chi connectivity index (χ0) is 26.1. The van der Waals surface area contributed by atoms with Crippen molar-refractivity contribution >= 4 is 0 Å². The first-order valence-corrected chi connectivity index (χ1v) is 13.6. The zero-order valence-electron chi connectivity index (χ0n) is 24.9. The van der Waals surface area contributed by atoms with E-state index in [1.165, 1.54) is 58.0 Å². The lowest BCUT2D eigenvalue weighted by Gasteiger charge is -2.24. The van der Waals surface area contributed by atoms with Gasteiger partial charge in [0.15, 0.2) is 0 Å². The van der Waals surface area contributed by atoms with E-state index in [0.29, 0.717) is 5.92 Å². The van der Waals surface area contributed by atoms with Crippen molar-refractivity contribution in [1.82, 2.24) is 4.90 Å². The molecule has 31 heavy (non-hydrogen) atoms. The maximum atomic E-state index is 4.60. The Balaban J connectivity index is -0.000000121. The van der Waals surface area contributed by atoms with E-state index >= 15 is 0 Å². The second-order valence-corrected chi connectivity index (χ2v) is 7.15. The van der Waals surface area contributed by atoms with Gasteiger partial charge in [0, 0.05) is 6.54 Å². The van der Waals surface area contributed by atoms with Gasteiger partial charge in [-0.15, -0.1) is 18.9 Å². The van der Waals surface area contributed by atoms with E-state index in [1.807, 2.05) is 55.4 Å². The maximum absolute atomic E-state index is 4.60. The van der Waals surface area contributed by atoms with Crippen molar-refractivity contribution in [2.24, 2.45) is 17.8 Å². The highest BCUT2D eigenvalue weighted by molar-refractivity contribution is 4.75. The highest BCUT2D eigenvalue weighted by Gasteiger charge is 2.11. The summed E-state index contributed by atoms with van der Waals surface area (Å²) in [5, 5.41) is 0. The molecular weight excluding hydrogens is 374 g/mol. The molecule has 0 fully saturated rings. The third-order valence-electron chi connectivity index (χ3n) is 4.61. The van der Waals surface area contributed by atoms with Crippen LogP contribution in [0.2, 0.25) is 0 Å². The van der Waals surface area contributed by atoms with Crippen LogP contribution >= 0.6 is 0 Å². The van der Waals surface area contributed by atoms with Crippen molar-refractivity contribution in [2.45, 2.75) is 135 Å². The molecule has 1 heteroatoms. The van der Waals surface area contributed by atoms with Crippen molar-refractivity contribution in [3.8, 4) is 12.3 Å². The molecular formula is C30H67N. The Kier molecular flexibility index (Phi) is 67.0. The predicted molar refractivity (Wildman–Crippen MR) is 153 cm³/mol. The number of hydrogen-bond donors (Lipinski definition) is 0. The van der Waals surface area contributed by atoms with Crippen molar-refractivity contribution in [3.63, 3.8) is 0 Å². The van der Waals surface area contributed by atoms with Gasteiger partial charge in [-0.3, -0.25) is 0 Å².